The van der Waals surface area contributed by atoms with Gasteiger partial charge in [-0.1, -0.05) is 36.4 Å². The average molecular weight is 388 g/mol. The van der Waals surface area contributed by atoms with Crippen LogP contribution in [0.3, 0.4) is 0 Å². The summed E-state index contributed by atoms with van der Waals surface area (Å²) < 4.78 is 11.4. The fourth-order valence-electron chi connectivity index (χ4n) is 3.32. The quantitative estimate of drug-likeness (QED) is 0.635. The molecule has 1 aliphatic rings. The van der Waals surface area contributed by atoms with Crippen LogP contribution in [0.2, 0.25) is 0 Å². The standard InChI is InChI=1S/C24H24N2O3/c27-24(26-17-15-25(16-18-26)20-7-3-1-4-8-20)19-28-21-11-13-23(14-12-21)29-22-9-5-2-6-10-22/h1-14H,15-19H2. The number of para-hydroxylation sites is 2. The highest BCUT2D eigenvalue weighted by Crippen LogP contribution is 2.23. The maximum atomic E-state index is 12.5. The number of hydrogen-bond donors (Lipinski definition) is 0. The highest BCUT2D eigenvalue weighted by Gasteiger charge is 2.21. The van der Waals surface area contributed by atoms with E-state index in [1.807, 2.05) is 77.7 Å². The van der Waals surface area contributed by atoms with Crippen molar-refractivity contribution in [2.24, 2.45) is 0 Å². The second kappa shape index (κ2) is 9.15. The van der Waals surface area contributed by atoms with E-state index in [9.17, 15) is 4.79 Å². The molecule has 0 radical (unpaired) electrons. The molecule has 5 nitrogen and oxygen atoms in total. The Morgan fingerprint density at radius 3 is 1.90 bits per heavy atom. The molecule has 1 fully saturated rings. The summed E-state index contributed by atoms with van der Waals surface area (Å²) in [7, 11) is 0. The highest BCUT2D eigenvalue weighted by molar-refractivity contribution is 5.78. The van der Waals surface area contributed by atoms with Gasteiger partial charge in [-0.2, -0.15) is 0 Å². The van der Waals surface area contributed by atoms with Gasteiger partial charge in [0.2, 0.25) is 0 Å². The largest absolute Gasteiger partial charge is 0.484 e. The van der Waals surface area contributed by atoms with Crippen LogP contribution < -0.4 is 14.4 Å². The van der Waals surface area contributed by atoms with Gasteiger partial charge in [0, 0.05) is 31.9 Å². The summed E-state index contributed by atoms with van der Waals surface area (Å²) >= 11 is 0. The van der Waals surface area contributed by atoms with E-state index in [4.69, 9.17) is 9.47 Å². The number of piperazine rings is 1. The smallest absolute Gasteiger partial charge is 0.260 e. The molecule has 0 atom stereocenters. The van der Waals surface area contributed by atoms with Crippen LogP contribution >= 0.6 is 0 Å². The van der Waals surface area contributed by atoms with Gasteiger partial charge in [-0.25, -0.2) is 0 Å². The molecule has 4 rings (SSSR count). The van der Waals surface area contributed by atoms with E-state index in [0.29, 0.717) is 18.8 Å². The molecule has 0 aromatic heterocycles. The summed E-state index contributed by atoms with van der Waals surface area (Å²) in [6, 6.07) is 27.2. The van der Waals surface area contributed by atoms with Gasteiger partial charge >= 0.3 is 0 Å². The second-order valence-corrected chi connectivity index (χ2v) is 6.88. The molecule has 29 heavy (non-hydrogen) atoms. The molecule has 5 heteroatoms. The summed E-state index contributed by atoms with van der Waals surface area (Å²) in [6.07, 6.45) is 0. The van der Waals surface area contributed by atoms with Crippen molar-refractivity contribution in [3.05, 3.63) is 84.9 Å². The molecule has 0 unspecified atom stereocenters. The molecule has 0 saturated carbocycles. The summed E-state index contributed by atoms with van der Waals surface area (Å²) in [5.41, 5.74) is 1.20. The SMILES string of the molecule is O=C(COc1ccc(Oc2ccccc2)cc1)N1CCN(c2ccccc2)CC1. The third-order valence-electron chi connectivity index (χ3n) is 4.92. The van der Waals surface area contributed by atoms with Crippen LogP contribution in [0.25, 0.3) is 0 Å². The van der Waals surface area contributed by atoms with Gasteiger partial charge in [-0.3, -0.25) is 4.79 Å². The van der Waals surface area contributed by atoms with Crippen LogP contribution in [-0.2, 0) is 4.79 Å². The fourth-order valence-corrected chi connectivity index (χ4v) is 3.32. The second-order valence-electron chi connectivity index (χ2n) is 6.88. The van der Waals surface area contributed by atoms with Crippen molar-refractivity contribution in [1.29, 1.82) is 0 Å². The molecule has 1 heterocycles. The number of rotatable bonds is 6. The molecule has 0 spiro atoms. The minimum absolute atomic E-state index is 0.0160. The lowest BCUT2D eigenvalue weighted by Crippen LogP contribution is -2.50. The van der Waals surface area contributed by atoms with Gasteiger partial charge in [0.15, 0.2) is 6.61 Å². The maximum absolute atomic E-state index is 12.5. The van der Waals surface area contributed by atoms with Crippen molar-refractivity contribution in [2.75, 3.05) is 37.7 Å². The molecular formula is C24H24N2O3. The molecule has 3 aromatic rings. The molecule has 148 valence electrons. The first kappa shape index (κ1) is 18.9. The van der Waals surface area contributed by atoms with E-state index < -0.39 is 0 Å². The molecule has 0 bridgehead atoms. The summed E-state index contributed by atoms with van der Waals surface area (Å²) in [6.45, 7) is 3.13. The van der Waals surface area contributed by atoms with E-state index in [1.54, 1.807) is 0 Å². The first-order valence-electron chi connectivity index (χ1n) is 9.81. The number of amides is 1. The summed E-state index contributed by atoms with van der Waals surface area (Å²) in [4.78, 5) is 16.6. The third-order valence-corrected chi connectivity index (χ3v) is 4.92. The number of ether oxygens (including phenoxy) is 2. The van der Waals surface area contributed by atoms with Crippen LogP contribution in [0.4, 0.5) is 5.69 Å². The van der Waals surface area contributed by atoms with E-state index in [0.717, 1.165) is 24.6 Å². The summed E-state index contributed by atoms with van der Waals surface area (Å²) in [5.74, 6) is 2.18. The monoisotopic (exact) mass is 388 g/mol. The molecular weight excluding hydrogens is 364 g/mol. The number of hydrogen-bond acceptors (Lipinski definition) is 4. The predicted octanol–water partition coefficient (Wildman–Crippen LogP) is 4.21. The predicted molar refractivity (Wildman–Crippen MR) is 114 cm³/mol. The van der Waals surface area contributed by atoms with Crippen molar-refractivity contribution < 1.29 is 14.3 Å². The number of anilines is 1. The molecule has 0 aliphatic carbocycles. The Hall–Kier alpha value is -3.47. The zero-order valence-corrected chi connectivity index (χ0v) is 16.2. The van der Waals surface area contributed by atoms with E-state index in [-0.39, 0.29) is 12.5 Å². The van der Waals surface area contributed by atoms with Gasteiger partial charge in [0.25, 0.3) is 5.91 Å². The zero-order chi connectivity index (χ0) is 19.9. The minimum atomic E-state index is 0.0160. The van der Waals surface area contributed by atoms with Crippen LogP contribution in [-0.4, -0.2) is 43.6 Å². The van der Waals surface area contributed by atoms with Gasteiger partial charge in [0.05, 0.1) is 0 Å². The molecule has 1 saturated heterocycles. The van der Waals surface area contributed by atoms with Crippen molar-refractivity contribution in [3.63, 3.8) is 0 Å². The van der Waals surface area contributed by atoms with Gasteiger partial charge < -0.3 is 19.3 Å². The number of benzene rings is 3. The zero-order valence-electron chi connectivity index (χ0n) is 16.2. The maximum Gasteiger partial charge on any atom is 0.260 e. The number of carbonyl (C=O) groups excluding carboxylic acids is 1. The molecule has 0 N–H and O–H groups in total. The third kappa shape index (κ3) is 5.08. The van der Waals surface area contributed by atoms with Crippen LogP contribution in [0.1, 0.15) is 0 Å². The van der Waals surface area contributed by atoms with Gasteiger partial charge in [-0.15, -0.1) is 0 Å². The Bertz CT molecular complexity index is 906. The topological polar surface area (TPSA) is 42.0 Å². The van der Waals surface area contributed by atoms with Crippen molar-refractivity contribution in [1.82, 2.24) is 4.90 Å². The molecule has 1 amide bonds. The molecule has 3 aromatic carbocycles. The Balaban J connectivity index is 1.23. The van der Waals surface area contributed by atoms with E-state index in [1.165, 1.54) is 5.69 Å². The van der Waals surface area contributed by atoms with Crippen LogP contribution in [0, 0.1) is 0 Å². The van der Waals surface area contributed by atoms with Crippen LogP contribution in [0.5, 0.6) is 17.2 Å². The van der Waals surface area contributed by atoms with Crippen molar-refractivity contribution in [3.8, 4) is 17.2 Å². The average Bonchev–Trinajstić information content (AvgIpc) is 2.80. The Morgan fingerprint density at radius 1 is 0.690 bits per heavy atom. The normalized spacial score (nSPS) is 13.8. The Kier molecular flexibility index (Phi) is 5.95. The van der Waals surface area contributed by atoms with Crippen LogP contribution in [0.15, 0.2) is 84.9 Å². The Labute approximate surface area is 171 Å². The summed E-state index contributed by atoms with van der Waals surface area (Å²) in [5, 5.41) is 0. The first-order valence-corrected chi connectivity index (χ1v) is 9.81. The highest BCUT2D eigenvalue weighted by atomic mass is 16.5. The van der Waals surface area contributed by atoms with E-state index in [2.05, 4.69) is 17.0 Å². The lowest BCUT2D eigenvalue weighted by molar-refractivity contribution is -0.133. The van der Waals surface area contributed by atoms with Gasteiger partial charge in [0.1, 0.15) is 17.2 Å². The molecule has 1 aliphatic heterocycles. The Morgan fingerprint density at radius 2 is 1.24 bits per heavy atom. The fraction of sp³-hybridized carbons (Fsp3) is 0.208. The lowest BCUT2D eigenvalue weighted by Gasteiger charge is -2.36. The number of nitrogens with zero attached hydrogens (tertiary/aromatic N) is 2. The number of carbonyl (C=O) groups is 1. The van der Waals surface area contributed by atoms with E-state index >= 15 is 0 Å². The van der Waals surface area contributed by atoms with Gasteiger partial charge in [-0.05, 0) is 48.5 Å². The first-order chi connectivity index (χ1) is 14.3. The van der Waals surface area contributed by atoms with Crippen molar-refractivity contribution in [2.45, 2.75) is 0 Å². The lowest BCUT2D eigenvalue weighted by atomic mass is 10.2. The van der Waals surface area contributed by atoms with Crippen molar-refractivity contribution >= 4 is 11.6 Å². The minimum Gasteiger partial charge on any atom is -0.484 e.